The molecule has 0 aromatic rings. The van der Waals surface area contributed by atoms with E-state index in [1.807, 2.05) is 6.92 Å². The summed E-state index contributed by atoms with van der Waals surface area (Å²) in [6.07, 6.45) is 0.470. The Morgan fingerprint density at radius 1 is 1.58 bits per heavy atom. The molecule has 0 bridgehead atoms. The van der Waals surface area contributed by atoms with Crippen LogP contribution in [0.15, 0.2) is 0 Å². The number of amides is 1. The molecule has 3 N–H and O–H groups in total. The molecular formula is C8H18N2O2. The predicted molar refractivity (Wildman–Crippen MR) is 47.9 cm³/mol. The van der Waals surface area contributed by atoms with E-state index in [0.29, 0.717) is 13.0 Å². The Morgan fingerprint density at radius 3 is 2.75 bits per heavy atom. The number of aliphatic hydroxyl groups excluding tert-OH is 1. The van der Waals surface area contributed by atoms with Gasteiger partial charge in [0, 0.05) is 19.0 Å². The third kappa shape index (κ3) is 6.12. The van der Waals surface area contributed by atoms with Crippen molar-refractivity contribution in [3.63, 3.8) is 0 Å². The minimum absolute atomic E-state index is 0.00700. The molecule has 0 saturated carbocycles. The molecule has 1 amide bonds. The Balaban J connectivity index is 3.33. The van der Waals surface area contributed by atoms with Gasteiger partial charge in [-0.3, -0.25) is 4.79 Å². The van der Waals surface area contributed by atoms with Crippen LogP contribution >= 0.6 is 0 Å². The molecular weight excluding hydrogens is 156 g/mol. The van der Waals surface area contributed by atoms with Crippen molar-refractivity contribution in [2.45, 2.75) is 26.3 Å². The van der Waals surface area contributed by atoms with E-state index >= 15 is 0 Å². The molecule has 12 heavy (non-hydrogen) atoms. The van der Waals surface area contributed by atoms with E-state index in [2.05, 4.69) is 10.6 Å². The third-order valence-corrected chi connectivity index (χ3v) is 1.46. The fourth-order valence-corrected chi connectivity index (χ4v) is 0.771. The van der Waals surface area contributed by atoms with Crippen molar-refractivity contribution in [2.75, 3.05) is 19.7 Å². The van der Waals surface area contributed by atoms with Gasteiger partial charge >= 0.3 is 0 Å². The molecule has 0 saturated heterocycles. The van der Waals surface area contributed by atoms with Crippen LogP contribution in [0.5, 0.6) is 0 Å². The fraction of sp³-hybridized carbons (Fsp3) is 0.875. The van der Waals surface area contributed by atoms with Crippen molar-refractivity contribution in [3.8, 4) is 0 Å². The zero-order valence-corrected chi connectivity index (χ0v) is 7.76. The summed E-state index contributed by atoms with van der Waals surface area (Å²) in [5, 5.41) is 14.3. The molecule has 0 heterocycles. The van der Waals surface area contributed by atoms with E-state index in [4.69, 9.17) is 5.11 Å². The first-order chi connectivity index (χ1) is 5.70. The molecule has 1 atom stereocenters. The average molecular weight is 174 g/mol. The van der Waals surface area contributed by atoms with Gasteiger partial charge in [0.15, 0.2) is 0 Å². The van der Waals surface area contributed by atoms with Gasteiger partial charge in [-0.05, 0) is 13.5 Å². The Morgan fingerprint density at radius 2 is 2.25 bits per heavy atom. The second-order valence-corrected chi connectivity index (χ2v) is 2.75. The van der Waals surface area contributed by atoms with Crippen molar-refractivity contribution in [1.82, 2.24) is 10.6 Å². The van der Waals surface area contributed by atoms with Gasteiger partial charge in [-0.2, -0.15) is 0 Å². The van der Waals surface area contributed by atoms with Crippen LogP contribution in [-0.2, 0) is 4.79 Å². The molecule has 72 valence electrons. The lowest BCUT2D eigenvalue weighted by atomic mass is 10.3. The molecule has 4 heteroatoms. The molecule has 0 aliphatic carbocycles. The van der Waals surface area contributed by atoms with Gasteiger partial charge in [0.25, 0.3) is 0 Å². The summed E-state index contributed by atoms with van der Waals surface area (Å²) < 4.78 is 0. The molecule has 0 fully saturated rings. The van der Waals surface area contributed by atoms with E-state index in [1.54, 1.807) is 6.92 Å². The molecule has 0 aliphatic rings. The predicted octanol–water partition coefficient (Wildman–Crippen LogP) is -0.517. The van der Waals surface area contributed by atoms with Gasteiger partial charge in [0.2, 0.25) is 5.91 Å². The lowest BCUT2D eigenvalue weighted by Gasteiger charge is -2.10. The summed E-state index contributed by atoms with van der Waals surface area (Å²) in [5.41, 5.74) is 0. The number of hydrogen-bond donors (Lipinski definition) is 3. The SMILES string of the molecule is CCNCCC(=O)N[C@H](C)CO. The highest BCUT2D eigenvalue weighted by Crippen LogP contribution is 1.82. The van der Waals surface area contributed by atoms with Crippen LogP contribution in [0, 0.1) is 0 Å². The normalized spacial score (nSPS) is 12.6. The Kier molecular flexibility index (Phi) is 6.70. The van der Waals surface area contributed by atoms with Gasteiger partial charge in [0.05, 0.1) is 6.61 Å². The lowest BCUT2D eigenvalue weighted by Crippen LogP contribution is -2.36. The minimum Gasteiger partial charge on any atom is -0.394 e. The Hall–Kier alpha value is -0.610. The van der Waals surface area contributed by atoms with Crippen molar-refractivity contribution in [2.24, 2.45) is 0 Å². The van der Waals surface area contributed by atoms with Crippen LogP contribution in [0.4, 0.5) is 0 Å². The van der Waals surface area contributed by atoms with Gasteiger partial charge in [-0.25, -0.2) is 0 Å². The maximum absolute atomic E-state index is 11.0. The number of aliphatic hydroxyl groups is 1. The molecule has 0 aromatic carbocycles. The van der Waals surface area contributed by atoms with Crippen molar-refractivity contribution < 1.29 is 9.90 Å². The standard InChI is InChI=1S/C8H18N2O2/c1-3-9-5-4-8(12)10-7(2)6-11/h7,9,11H,3-6H2,1-2H3,(H,10,12)/t7-/m1/s1. The topological polar surface area (TPSA) is 61.4 Å². The highest BCUT2D eigenvalue weighted by molar-refractivity contribution is 5.76. The number of carbonyl (C=O) groups is 1. The average Bonchev–Trinajstić information content (AvgIpc) is 2.05. The van der Waals surface area contributed by atoms with E-state index < -0.39 is 0 Å². The van der Waals surface area contributed by atoms with E-state index in [9.17, 15) is 4.79 Å². The molecule has 0 aromatic heterocycles. The number of nitrogens with one attached hydrogen (secondary N) is 2. The number of rotatable bonds is 6. The second-order valence-electron chi connectivity index (χ2n) is 2.75. The second kappa shape index (κ2) is 7.06. The number of carbonyl (C=O) groups excluding carboxylic acids is 1. The summed E-state index contributed by atoms with van der Waals surface area (Å²) in [6, 6.07) is -0.140. The highest BCUT2D eigenvalue weighted by Gasteiger charge is 2.04. The molecule has 0 unspecified atom stereocenters. The van der Waals surface area contributed by atoms with Crippen molar-refractivity contribution >= 4 is 5.91 Å². The Bertz CT molecular complexity index is 128. The van der Waals surface area contributed by atoms with Crippen LogP contribution in [0.25, 0.3) is 0 Å². The quantitative estimate of drug-likeness (QED) is 0.475. The largest absolute Gasteiger partial charge is 0.394 e. The van der Waals surface area contributed by atoms with Crippen LogP contribution < -0.4 is 10.6 Å². The van der Waals surface area contributed by atoms with Gasteiger partial charge < -0.3 is 15.7 Å². The van der Waals surface area contributed by atoms with Gasteiger partial charge in [0.1, 0.15) is 0 Å². The van der Waals surface area contributed by atoms with Crippen molar-refractivity contribution in [3.05, 3.63) is 0 Å². The van der Waals surface area contributed by atoms with Crippen LogP contribution in [0.3, 0.4) is 0 Å². The zero-order valence-electron chi connectivity index (χ0n) is 7.76. The van der Waals surface area contributed by atoms with Crippen LogP contribution in [0.2, 0.25) is 0 Å². The summed E-state index contributed by atoms with van der Waals surface area (Å²) in [6.45, 7) is 5.33. The zero-order chi connectivity index (χ0) is 9.40. The molecule has 0 rings (SSSR count). The summed E-state index contributed by atoms with van der Waals surface area (Å²) in [4.78, 5) is 11.0. The van der Waals surface area contributed by atoms with E-state index in [-0.39, 0.29) is 18.6 Å². The first-order valence-corrected chi connectivity index (χ1v) is 4.31. The lowest BCUT2D eigenvalue weighted by molar-refractivity contribution is -0.121. The fourth-order valence-electron chi connectivity index (χ4n) is 0.771. The summed E-state index contributed by atoms with van der Waals surface area (Å²) >= 11 is 0. The highest BCUT2D eigenvalue weighted by atomic mass is 16.3. The first-order valence-electron chi connectivity index (χ1n) is 4.31. The summed E-state index contributed by atoms with van der Waals surface area (Å²) in [5.74, 6) is -0.0162. The number of hydrogen-bond acceptors (Lipinski definition) is 3. The van der Waals surface area contributed by atoms with Crippen LogP contribution in [0.1, 0.15) is 20.3 Å². The minimum atomic E-state index is -0.140. The van der Waals surface area contributed by atoms with E-state index in [1.165, 1.54) is 0 Å². The maximum Gasteiger partial charge on any atom is 0.221 e. The third-order valence-electron chi connectivity index (χ3n) is 1.46. The van der Waals surface area contributed by atoms with E-state index in [0.717, 1.165) is 6.54 Å². The van der Waals surface area contributed by atoms with Crippen LogP contribution in [-0.4, -0.2) is 36.8 Å². The molecule has 4 nitrogen and oxygen atoms in total. The van der Waals surface area contributed by atoms with Gasteiger partial charge in [-0.15, -0.1) is 0 Å². The summed E-state index contributed by atoms with van der Waals surface area (Å²) in [7, 11) is 0. The molecule has 0 aliphatic heterocycles. The van der Waals surface area contributed by atoms with Crippen molar-refractivity contribution in [1.29, 1.82) is 0 Å². The first kappa shape index (κ1) is 11.4. The Labute approximate surface area is 73.3 Å². The molecule has 0 radical (unpaired) electrons. The monoisotopic (exact) mass is 174 g/mol. The van der Waals surface area contributed by atoms with Gasteiger partial charge in [-0.1, -0.05) is 6.92 Å². The smallest absolute Gasteiger partial charge is 0.221 e. The molecule has 0 spiro atoms. The maximum atomic E-state index is 11.0.